The van der Waals surface area contributed by atoms with Gasteiger partial charge < -0.3 is 9.84 Å². The zero-order valence-electron chi connectivity index (χ0n) is 15.5. The quantitative estimate of drug-likeness (QED) is 0.212. The maximum atomic E-state index is 13.7. The summed E-state index contributed by atoms with van der Waals surface area (Å²) in [6.07, 6.45) is -13.8. The van der Waals surface area contributed by atoms with Crippen molar-refractivity contribution < 1.29 is 89.3 Å². The standard InChI is InChI=1S/C14H9F17O3/c1-2-6(33)34-5(4-32)3-7(15,16)8(17,18)9(19,20)10(21,22)11(23,24)12(25,26)13(27,28)14(29,30)31/h2,5,32H,1,3-4H2. The van der Waals surface area contributed by atoms with Gasteiger partial charge in [-0.25, -0.2) is 4.79 Å². The van der Waals surface area contributed by atoms with Crippen molar-refractivity contribution in [3.05, 3.63) is 12.7 Å². The lowest BCUT2D eigenvalue weighted by Crippen LogP contribution is -2.74. The molecule has 0 bridgehead atoms. The van der Waals surface area contributed by atoms with E-state index in [4.69, 9.17) is 5.11 Å². The number of carbonyl (C=O) groups is 1. The molecule has 3 nitrogen and oxygen atoms in total. The number of carbonyl (C=O) groups excluding carboxylic acids is 1. The summed E-state index contributed by atoms with van der Waals surface area (Å²) in [7, 11) is 0. The minimum atomic E-state index is -8.73. The van der Waals surface area contributed by atoms with E-state index in [9.17, 15) is 79.4 Å². The average molecular weight is 548 g/mol. The third-order valence-electron chi connectivity index (χ3n) is 3.92. The lowest BCUT2D eigenvalue weighted by atomic mass is 9.87. The van der Waals surface area contributed by atoms with E-state index < -0.39 is 72.7 Å². The van der Waals surface area contributed by atoms with Gasteiger partial charge in [0.05, 0.1) is 13.0 Å². The second kappa shape index (κ2) is 8.89. The highest BCUT2D eigenvalue weighted by molar-refractivity contribution is 5.81. The Morgan fingerprint density at radius 3 is 1.29 bits per heavy atom. The van der Waals surface area contributed by atoms with Gasteiger partial charge in [0.1, 0.15) is 6.10 Å². The molecule has 1 unspecified atom stereocenters. The number of esters is 1. The lowest BCUT2D eigenvalue weighted by molar-refractivity contribution is -0.462. The SMILES string of the molecule is C=CC(=O)OC(CO)CC(F)(F)C(F)(F)C(F)(F)C(F)(F)C(F)(F)C(F)(F)C(F)(F)C(F)(F)F. The van der Waals surface area contributed by atoms with Gasteiger partial charge in [0, 0.05) is 6.08 Å². The Balaban J connectivity index is 6.59. The molecule has 202 valence electrons. The fourth-order valence-electron chi connectivity index (χ4n) is 1.97. The lowest BCUT2D eigenvalue weighted by Gasteiger charge is -2.43. The molecule has 0 radical (unpaired) electrons. The Morgan fingerprint density at radius 1 is 0.676 bits per heavy atom. The fraction of sp³-hybridized carbons (Fsp3) is 0.786. The predicted molar refractivity (Wildman–Crippen MR) is 72.5 cm³/mol. The first-order valence-electron chi connectivity index (χ1n) is 7.79. The van der Waals surface area contributed by atoms with Crippen LogP contribution in [0.2, 0.25) is 0 Å². The summed E-state index contributed by atoms with van der Waals surface area (Å²) in [5.74, 6) is -59.2. The molecular formula is C14H9F17O3. The Kier molecular flexibility index (Phi) is 8.36. The molecule has 0 aliphatic carbocycles. The van der Waals surface area contributed by atoms with Gasteiger partial charge in [0.25, 0.3) is 0 Å². The molecule has 0 saturated carbocycles. The molecule has 20 heteroatoms. The van der Waals surface area contributed by atoms with Crippen LogP contribution in [0, 0.1) is 0 Å². The first-order chi connectivity index (χ1) is 14.6. The molecule has 0 aromatic carbocycles. The Labute approximate surface area is 176 Å². The van der Waals surface area contributed by atoms with Crippen molar-refractivity contribution in [2.75, 3.05) is 6.61 Å². The van der Waals surface area contributed by atoms with Gasteiger partial charge in [-0.05, 0) is 0 Å². The molecule has 0 spiro atoms. The van der Waals surface area contributed by atoms with E-state index in [1.54, 1.807) is 0 Å². The molecule has 0 aromatic rings. The summed E-state index contributed by atoms with van der Waals surface area (Å²) in [5, 5.41) is 8.63. The monoisotopic (exact) mass is 548 g/mol. The van der Waals surface area contributed by atoms with Gasteiger partial charge in [-0.3, -0.25) is 0 Å². The Hall–Kier alpha value is -2.02. The zero-order valence-corrected chi connectivity index (χ0v) is 15.5. The van der Waals surface area contributed by atoms with Crippen LogP contribution in [0.3, 0.4) is 0 Å². The van der Waals surface area contributed by atoms with E-state index in [2.05, 4.69) is 11.3 Å². The highest BCUT2D eigenvalue weighted by Gasteiger charge is 2.95. The first-order valence-corrected chi connectivity index (χ1v) is 7.79. The molecule has 0 aromatic heterocycles. The van der Waals surface area contributed by atoms with Gasteiger partial charge in [-0.15, -0.1) is 0 Å². The number of alkyl halides is 17. The number of hydrogen-bond acceptors (Lipinski definition) is 3. The topological polar surface area (TPSA) is 46.5 Å². The highest BCUT2D eigenvalue weighted by Crippen LogP contribution is 2.64. The number of ether oxygens (including phenoxy) is 1. The van der Waals surface area contributed by atoms with Crippen molar-refractivity contribution >= 4 is 5.97 Å². The van der Waals surface area contributed by atoms with Crippen LogP contribution >= 0.6 is 0 Å². The summed E-state index contributed by atoms with van der Waals surface area (Å²) in [5.41, 5.74) is 0. The largest absolute Gasteiger partial charge is 0.460 e. The van der Waals surface area contributed by atoms with Crippen LogP contribution in [0.25, 0.3) is 0 Å². The maximum Gasteiger partial charge on any atom is 0.460 e. The normalized spacial score (nSPS) is 16.3. The summed E-state index contributed by atoms with van der Waals surface area (Å²) >= 11 is 0. The van der Waals surface area contributed by atoms with Crippen LogP contribution in [0.5, 0.6) is 0 Å². The van der Waals surface area contributed by atoms with Crippen LogP contribution < -0.4 is 0 Å². The van der Waals surface area contributed by atoms with Crippen molar-refractivity contribution in [2.24, 2.45) is 0 Å². The molecule has 0 fully saturated rings. The molecule has 1 atom stereocenters. The van der Waals surface area contributed by atoms with Crippen LogP contribution in [0.1, 0.15) is 6.42 Å². The van der Waals surface area contributed by atoms with E-state index in [-0.39, 0.29) is 6.08 Å². The summed E-state index contributed by atoms with van der Waals surface area (Å²) in [6, 6.07) is 0. The van der Waals surface area contributed by atoms with Crippen LogP contribution in [0.15, 0.2) is 12.7 Å². The molecule has 0 amide bonds. The average Bonchev–Trinajstić information content (AvgIpc) is 2.65. The number of aliphatic hydroxyl groups is 1. The molecule has 0 aliphatic rings. The van der Waals surface area contributed by atoms with E-state index in [1.165, 1.54) is 0 Å². The van der Waals surface area contributed by atoms with Crippen molar-refractivity contribution in [1.29, 1.82) is 0 Å². The minimum absolute atomic E-state index is 0.116. The molecule has 0 heterocycles. The number of hydrogen-bond donors (Lipinski definition) is 1. The summed E-state index contributed by atoms with van der Waals surface area (Å²) in [4.78, 5) is 10.8. The van der Waals surface area contributed by atoms with Crippen molar-refractivity contribution in [3.8, 4) is 0 Å². The Bertz CT molecular complexity index is 755. The minimum Gasteiger partial charge on any atom is -0.457 e. The summed E-state index contributed by atoms with van der Waals surface area (Å²) in [6.45, 7) is 0.714. The highest BCUT2D eigenvalue weighted by atomic mass is 19.4. The van der Waals surface area contributed by atoms with E-state index >= 15 is 0 Å². The maximum absolute atomic E-state index is 13.7. The fourth-order valence-corrected chi connectivity index (χ4v) is 1.97. The number of rotatable bonds is 11. The van der Waals surface area contributed by atoms with E-state index in [0.717, 1.165) is 0 Å². The van der Waals surface area contributed by atoms with Gasteiger partial charge in [0.2, 0.25) is 0 Å². The van der Waals surface area contributed by atoms with Crippen LogP contribution in [-0.4, -0.2) is 71.4 Å². The smallest absolute Gasteiger partial charge is 0.457 e. The Morgan fingerprint density at radius 2 is 1.00 bits per heavy atom. The van der Waals surface area contributed by atoms with E-state index in [1.807, 2.05) is 0 Å². The molecule has 1 N–H and O–H groups in total. The predicted octanol–water partition coefficient (Wildman–Crippen LogP) is 5.48. The van der Waals surface area contributed by atoms with Gasteiger partial charge in [0.15, 0.2) is 0 Å². The first kappa shape index (κ1) is 32.0. The van der Waals surface area contributed by atoms with Crippen LogP contribution in [-0.2, 0) is 9.53 Å². The molecule has 0 rings (SSSR count). The molecular weight excluding hydrogens is 539 g/mol. The third-order valence-corrected chi connectivity index (χ3v) is 3.92. The second-order valence-corrected chi connectivity index (χ2v) is 6.30. The molecule has 0 saturated heterocycles. The number of halogens is 17. The van der Waals surface area contributed by atoms with Gasteiger partial charge in [-0.1, -0.05) is 6.58 Å². The van der Waals surface area contributed by atoms with Gasteiger partial charge >= 0.3 is 53.6 Å². The summed E-state index contributed by atoms with van der Waals surface area (Å²) < 4.78 is 226. The van der Waals surface area contributed by atoms with Crippen molar-refractivity contribution in [1.82, 2.24) is 0 Å². The van der Waals surface area contributed by atoms with Crippen molar-refractivity contribution in [3.63, 3.8) is 0 Å². The third kappa shape index (κ3) is 4.60. The van der Waals surface area contributed by atoms with Gasteiger partial charge in [-0.2, -0.15) is 74.6 Å². The zero-order chi connectivity index (χ0) is 28.0. The van der Waals surface area contributed by atoms with Crippen molar-refractivity contribution in [2.45, 2.75) is 60.2 Å². The number of aliphatic hydroxyl groups excluding tert-OH is 1. The molecule has 34 heavy (non-hydrogen) atoms. The van der Waals surface area contributed by atoms with E-state index in [0.29, 0.717) is 0 Å². The molecule has 0 aliphatic heterocycles. The van der Waals surface area contributed by atoms with Crippen LogP contribution in [0.4, 0.5) is 74.6 Å². The second-order valence-electron chi connectivity index (χ2n) is 6.30.